The van der Waals surface area contributed by atoms with Gasteiger partial charge in [0.2, 0.25) is 0 Å². The van der Waals surface area contributed by atoms with Crippen molar-refractivity contribution in [1.82, 2.24) is 14.7 Å². The van der Waals surface area contributed by atoms with Gasteiger partial charge < -0.3 is 4.90 Å². The molecular weight excluding hydrogens is 398 g/mol. The van der Waals surface area contributed by atoms with Gasteiger partial charge in [0.1, 0.15) is 0 Å². The minimum Gasteiger partial charge on any atom is -0.338 e. The number of rotatable bonds is 3. The van der Waals surface area contributed by atoms with E-state index in [1.807, 2.05) is 16.7 Å². The van der Waals surface area contributed by atoms with Gasteiger partial charge in [-0.15, -0.1) is 11.3 Å². The number of thiophene rings is 1. The van der Waals surface area contributed by atoms with Crippen LogP contribution in [-0.4, -0.2) is 94.8 Å². The van der Waals surface area contributed by atoms with E-state index >= 15 is 0 Å². The molecular formula is C18H22N5O3S2+. The molecule has 0 aliphatic carbocycles. The monoisotopic (exact) mass is 420 g/mol. The summed E-state index contributed by atoms with van der Waals surface area (Å²) in [6.45, 7) is 1.48. The summed E-state index contributed by atoms with van der Waals surface area (Å²) in [6.07, 6.45) is 2.42. The van der Waals surface area contributed by atoms with Gasteiger partial charge in [0.05, 0.1) is 0 Å². The first-order chi connectivity index (χ1) is 13.5. The lowest BCUT2D eigenvalue weighted by atomic mass is 10.1. The third-order valence-corrected chi connectivity index (χ3v) is 7.71. The average Bonchev–Trinajstić information content (AvgIpc) is 3.30. The van der Waals surface area contributed by atoms with Gasteiger partial charge in [0.15, 0.2) is 6.54 Å². The Balaban J connectivity index is 1.40. The molecule has 2 atom stereocenters. The Kier molecular flexibility index (Phi) is 5.24. The van der Waals surface area contributed by atoms with E-state index in [9.17, 15) is 14.4 Å². The largest absolute Gasteiger partial charge is 0.338 e. The Morgan fingerprint density at radius 3 is 2.86 bits per heavy atom. The molecule has 10 heteroatoms. The van der Waals surface area contributed by atoms with Gasteiger partial charge in [0, 0.05) is 43.1 Å². The maximum Gasteiger partial charge on any atom is 0.333 e. The molecule has 2 fully saturated rings. The third kappa shape index (κ3) is 3.35. The predicted molar refractivity (Wildman–Crippen MR) is 109 cm³/mol. The minimum absolute atomic E-state index is 0.0184. The Morgan fingerprint density at radius 1 is 1.29 bits per heavy atom. The van der Waals surface area contributed by atoms with Gasteiger partial charge in [-0.3, -0.25) is 19.4 Å². The predicted octanol–water partition coefficient (Wildman–Crippen LogP) is 1.10. The molecule has 3 aliphatic rings. The zero-order valence-corrected chi connectivity index (χ0v) is 17.4. The van der Waals surface area contributed by atoms with Crippen molar-refractivity contribution in [2.24, 2.45) is 4.99 Å². The number of imide groups is 1. The van der Waals surface area contributed by atoms with Gasteiger partial charge in [-0.2, -0.15) is 11.8 Å². The normalized spacial score (nSPS) is 25.4. The second-order valence-corrected chi connectivity index (χ2v) is 9.25. The molecule has 0 N–H and O–H groups in total. The fourth-order valence-electron chi connectivity index (χ4n) is 3.65. The summed E-state index contributed by atoms with van der Waals surface area (Å²) in [7, 11) is 3.04. The Bertz CT molecular complexity index is 867. The van der Waals surface area contributed by atoms with Gasteiger partial charge in [-0.1, -0.05) is 6.07 Å². The number of amidine groups is 1. The van der Waals surface area contributed by atoms with Crippen molar-refractivity contribution in [3.8, 4) is 0 Å². The second kappa shape index (κ2) is 7.67. The van der Waals surface area contributed by atoms with Gasteiger partial charge in [0.25, 0.3) is 30.0 Å². The van der Waals surface area contributed by atoms with Crippen LogP contribution < -0.4 is 0 Å². The molecule has 1 aromatic heterocycles. The van der Waals surface area contributed by atoms with Crippen LogP contribution in [0.3, 0.4) is 0 Å². The highest BCUT2D eigenvalue weighted by molar-refractivity contribution is 7.99. The van der Waals surface area contributed by atoms with Crippen molar-refractivity contribution in [1.29, 1.82) is 0 Å². The van der Waals surface area contributed by atoms with Crippen LogP contribution in [0.5, 0.6) is 0 Å². The number of carbonyl (C=O) groups excluding carboxylic acids is 3. The third-order valence-electron chi connectivity index (χ3n) is 5.27. The van der Waals surface area contributed by atoms with Gasteiger partial charge >= 0.3 is 6.03 Å². The van der Waals surface area contributed by atoms with Crippen molar-refractivity contribution in [2.45, 2.75) is 17.7 Å². The quantitative estimate of drug-likeness (QED) is 0.687. The molecule has 0 aromatic carbocycles. The number of likely N-dealkylation sites (N-methyl/N-ethyl adjacent to an activating group) is 2. The second-order valence-electron chi connectivity index (χ2n) is 6.96. The summed E-state index contributed by atoms with van der Waals surface area (Å²) in [5.41, 5.74) is 0. The molecule has 4 amide bonds. The first kappa shape index (κ1) is 19.1. The topological polar surface area (TPSA) is 76.3 Å². The molecule has 0 radical (unpaired) electrons. The zero-order chi connectivity index (χ0) is 19.8. The lowest BCUT2D eigenvalue weighted by Crippen LogP contribution is -2.62. The van der Waals surface area contributed by atoms with E-state index in [0.717, 1.165) is 17.1 Å². The summed E-state index contributed by atoms with van der Waals surface area (Å²) in [5.74, 6) is 0.898. The molecule has 148 valence electrons. The van der Waals surface area contributed by atoms with E-state index in [-0.39, 0.29) is 18.4 Å². The maximum absolute atomic E-state index is 12.9. The fraction of sp³-hybridized carbons (Fsp3) is 0.500. The number of hydrogen-bond acceptors (Lipinski definition) is 6. The summed E-state index contributed by atoms with van der Waals surface area (Å²) in [4.78, 5) is 47.4. The van der Waals surface area contributed by atoms with Crippen molar-refractivity contribution >= 4 is 53.1 Å². The first-order valence-corrected chi connectivity index (χ1v) is 11.0. The van der Waals surface area contributed by atoms with Crippen LogP contribution in [0.1, 0.15) is 16.5 Å². The van der Waals surface area contributed by atoms with E-state index < -0.39 is 12.1 Å². The number of aliphatic imine (C=N–C) groups is 1. The Hall–Kier alpha value is -2.20. The molecule has 2 saturated heterocycles. The number of carbonyl (C=O) groups is 3. The molecule has 28 heavy (non-hydrogen) atoms. The highest BCUT2D eigenvalue weighted by Crippen LogP contribution is 2.36. The SMILES string of the molecule is CN1C(=O)C2C(=NC=[N+]2CC(=O)N2CCSC(c3cccs3)CC2)N(C)C1=O. The number of thioether (sulfide) groups is 1. The molecule has 0 spiro atoms. The van der Waals surface area contributed by atoms with Gasteiger partial charge in [-0.25, -0.2) is 9.37 Å². The molecule has 3 aliphatic heterocycles. The van der Waals surface area contributed by atoms with Crippen LogP contribution in [0.25, 0.3) is 0 Å². The molecule has 2 unspecified atom stereocenters. The lowest BCUT2D eigenvalue weighted by Gasteiger charge is -2.31. The van der Waals surface area contributed by atoms with Crippen molar-refractivity contribution < 1.29 is 19.0 Å². The van der Waals surface area contributed by atoms with Crippen molar-refractivity contribution in [2.75, 3.05) is 39.5 Å². The lowest BCUT2D eigenvalue weighted by molar-refractivity contribution is -0.520. The number of fused-ring (bicyclic) bond motifs is 1. The van der Waals surface area contributed by atoms with Crippen molar-refractivity contribution in [3.05, 3.63) is 22.4 Å². The molecule has 4 rings (SSSR count). The van der Waals surface area contributed by atoms with Crippen LogP contribution in [0.4, 0.5) is 4.79 Å². The molecule has 8 nitrogen and oxygen atoms in total. The summed E-state index contributed by atoms with van der Waals surface area (Å²) >= 11 is 3.65. The molecule has 0 bridgehead atoms. The maximum atomic E-state index is 12.9. The fourth-order valence-corrected chi connectivity index (χ4v) is 5.89. The zero-order valence-electron chi connectivity index (χ0n) is 15.8. The smallest absolute Gasteiger partial charge is 0.333 e. The van der Waals surface area contributed by atoms with Crippen molar-refractivity contribution in [3.63, 3.8) is 0 Å². The van der Waals surface area contributed by atoms with Crippen LogP contribution in [-0.2, 0) is 9.59 Å². The number of amides is 4. The van der Waals surface area contributed by atoms with E-state index in [0.29, 0.717) is 24.2 Å². The average molecular weight is 421 g/mol. The highest BCUT2D eigenvalue weighted by Gasteiger charge is 2.51. The molecule has 0 saturated carbocycles. The van der Waals surface area contributed by atoms with Crippen LogP contribution in [0.2, 0.25) is 0 Å². The highest BCUT2D eigenvalue weighted by atomic mass is 32.2. The molecule has 4 heterocycles. The minimum atomic E-state index is -0.711. The summed E-state index contributed by atoms with van der Waals surface area (Å²) in [6, 6.07) is 3.10. The Morgan fingerprint density at radius 2 is 2.11 bits per heavy atom. The number of nitrogens with zero attached hydrogens (tertiary/aromatic N) is 5. The van der Waals surface area contributed by atoms with Crippen LogP contribution in [0, 0.1) is 0 Å². The Labute approximate surface area is 171 Å². The van der Waals surface area contributed by atoms with E-state index in [2.05, 4.69) is 22.5 Å². The van der Waals surface area contributed by atoms with E-state index in [1.165, 1.54) is 23.2 Å². The molecule has 1 aromatic rings. The summed E-state index contributed by atoms with van der Waals surface area (Å²) in [5, 5.41) is 2.52. The number of urea groups is 1. The number of hydrogen-bond donors (Lipinski definition) is 0. The summed E-state index contributed by atoms with van der Waals surface area (Å²) < 4.78 is 1.63. The van der Waals surface area contributed by atoms with Gasteiger partial charge in [-0.05, 0) is 22.9 Å². The van der Waals surface area contributed by atoms with Crippen LogP contribution in [0.15, 0.2) is 22.5 Å². The van der Waals surface area contributed by atoms with Crippen LogP contribution >= 0.6 is 23.1 Å². The van der Waals surface area contributed by atoms with E-state index in [4.69, 9.17) is 0 Å². The standard InChI is InChI=1S/C18H22N5O3S2/c1-20-16-15(17(25)21(2)18(20)26)23(11-19-16)10-14(24)22-6-5-13(28-9-7-22)12-4-3-8-27-12/h3-4,8,11,13,15H,5-7,9-10H2,1-2H3/q+1. The first-order valence-electron chi connectivity index (χ1n) is 9.12. The van der Waals surface area contributed by atoms with E-state index in [1.54, 1.807) is 23.0 Å².